The van der Waals surface area contributed by atoms with Crippen LogP contribution in [0.1, 0.15) is 77.6 Å². The molecule has 9 nitrogen and oxygen atoms in total. The minimum absolute atomic E-state index is 0.195. The van der Waals surface area contributed by atoms with Gasteiger partial charge in [-0.15, -0.1) is 0 Å². The van der Waals surface area contributed by atoms with E-state index in [1.165, 1.54) is 16.7 Å². The Labute approximate surface area is 330 Å². The van der Waals surface area contributed by atoms with Crippen molar-refractivity contribution >= 4 is 46.3 Å². The van der Waals surface area contributed by atoms with Crippen LogP contribution in [-0.4, -0.2) is 56.8 Å². The summed E-state index contributed by atoms with van der Waals surface area (Å²) in [7, 11) is 2.93. The molecule has 1 saturated heterocycles. The summed E-state index contributed by atoms with van der Waals surface area (Å²) < 4.78 is 32.2. The van der Waals surface area contributed by atoms with Crippen LogP contribution < -0.4 is 20.3 Å². The fourth-order valence-corrected chi connectivity index (χ4v) is 5.44. The number of anilines is 1. The maximum Gasteiger partial charge on any atom is 0.494 e. The van der Waals surface area contributed by atoms with Crippen molar-refractivity contribution in [3.63, 3.8) is 0 Å². The molecule has 290 valence electrons. The Kier molecular flexibility index (Phi) is 16.6. The van der Waals surface area contributed by atoms with Gasteiger partial charge in [-0.3, -0.25) is 10.1 Å². The molecule has 0 unspecified atom stereocenters. The highest BCUT2D eigenvalue weighted by Gasteiger charge is 2.38. The van der Waals surface area contributed by atoms with Gasteiger partial charge in [0.2, 0.25) is 0 Å². The number of hydrogen-bond acceptors (Lipinski definition) is 8. The summed E-state index contributed by atoms with van der Waals surface area (Å²) >= 11 is 3.36. The van der Waals surface area contributed by atoms with Crippen molar-refractivity contribution in [2.75, 3.05) is 26.1 Å². The molecule has 4 aromatic carbocycles. The molecule has 0 radical (unpaired) electrons. The molecule has 1 aliphatic heterocycles. The lowest BCUT2D eigenvalue weighted by Gasteiger charge is -2.20. The molecule has 0 atom stereocenters. The number of rotatable bonds is 9. The second-order valence-corrected chi connectivity index (χ2v) is 15.9. The number of alkyl halides is 1. The number of esters is 1. The molecule has 1 fully saturated rings. The van der Waals surface area contributed by atoms with Gasteiger partial charge in [0.05, 0.1) is 32.8 Å². The maximum atomic E-state index is 11.9. The molecule has 1 amide bonds. The van der Waals surface area contributed by atoms with E-state index < -0.39 is 24.4 Å². The molecule has 0 bridgehead atoms. The van der Waals surface area contributed by atoms with Gasteiger partial charge in [-0.05, 0) is 126 Å². The number of halogens is 1. The van der Waals surface area contributed by atoms with Crippen LogP contribution in [0.3, 0.4) is 0 Å². The smallest absolute Gasteiger partial charge is 0.494 e. The molecular formula is C43H55BBrNO8. The van der Waals surface area contributed by atoms with Gasteiger partial charge in [0.25, 0.3) is 0 Å². The van der Waals surface area contributed by atoms with E-state index in [1.54, 1.807) is 20.3 Å². The van der Waals surface area contributed by atoms with Crippen LogP contribution in [0.2, 0.25) is 0 Å². The van der Waals surface area contributed by atoms with E-state index in [0.29, 0.717) is 18.7 Å². The predicted molar refractivity (Wildman–Crippen MR) is 220 cm³/mol. The first-order valence-corrected chi connectivity index (χ1v) is 19.0. The molecule has 0 aromatic heterocycles. The SMILES string of the molecule is CC(C)(C)OC(=O)Nc1cccc(B2OCC(C)(C)O2)c1.COc1ccc(CBr)cc1.COc1ccc(Cc2cccc(CC(=O)OC(C)(C)C)c2)cc1. The van der Waals surface area contributed by atoms with Gasteiger partial charge in [-0.2, -0.15) is 0 Å². The fraction of sp³-hybridized carbons (Fsp3) is 0.395. The molecule has 1 N–H and O–H groups in total. The first-order valence-electron chi connectivity index (χ1n) is 17.9. The van der Waals surface area contributed by atoms with Crippen LogP contribution in [0.15, 0.2) is 97.1 Å². The lowest BCUT2D eigenvalue weighted by Crippen LogP contribution is -2.34. The Hall–Kier alpha value is -4.32. The normalized spacial score (nSPS) is 13.4. The average molecular weight is 805 g/mol. The number of carbonyl (C=O) groups excluding carboxylic acids is 2. The number of benzene rings is 4. The molecular weight excluding hydrogens is 749 g/mol. The Morgan fingerprint density at radius 3 is 1.81 bits per heavy atom. The van der Waals surface area contributed by atoms with Crippen molar-refractivity contribution in [2.24, 2.45) is 0 Å². The number of hydrogen-bond donors (Lipinski definition) is 1. The summed E-state index contributed by atoms with van der Waals surface area (Å²) in [5.41, 5.74) is 4.88. The molecule has 1 aliphatic rings. The van der Waals surface area contributed by atoms with Crippen LogP contribution in [-0.2, 0) is 41.7 Å². The van der Waals surface area contributed by atoms with Gasteiger partial charge in [0.1, 0.15) is 22.7 Å². The zero-order valence-corrected chi connectivity index (χ0v) is 34.9. The van der Waals surface area contributed by atoms with E-state index in [2.05, 4.69) is 45.5 Å². The molecule has 11 heteroatoms. The van der Waals surface area contributed by atoms with Crippen molar-refractivity contribution in [3.05, 3.63) is 119 Å². The topological polar surface area (TPSA) is 102 Å². The van der Waals surface area contributed by atoms with Gasteiger partial charge < -0.3 is 28.3 Å². The van der Waals surface area contributed by atoms with Crippen molar-refractivity contribution in [1.82, 2.24) is 0 Å². The predicted octanol–water partition coefficient (Wildman–Crippen LogP) is 9.31. The summed E-state index contributed by atoms with van der Waals surface area (Å²) in [6.45, 7) is 15.6. The highest BCUT2D eigenvalue weighted by Crippen LogP contribution is 2.21. The van der Waals surface area contributed by atoms with E-state index in [1.807, 2.05) is 122 Å². The number of amides is 1. The van der Waals surface area contributed by atoms with E-state index in [0.717, 1.165) is 34.3 Å². The molecule has 0 spiro atoms. The van der Waals surface area contributed by atoms with Gasteiger partial charge in [0, 0.05) is 11.0 Å². The molecule has 0 saturated carbocycles. The summed E-state index contributed by atoms with van der Waals surface area (Å²) in [6.07, 6.45) is 0.646. The van der Waals surface area contributed by atoms with Crippen LogP contribution in [0.25, 0.3) is 0 Å². The van der Waals surface area contributed by atoms with Gasteiger partial charge in [0.15, 0.2) is 0 Å². The van der Waals surface area contributed by atoms with Crippen molar-refractivity contribution < 1.29 is 37.8 Å². The Morgan fingerprint density at radius 1 is 0.741 bits per heavy atom. The number of carbonyl (C=O) groups is 2. The number of methoxy groups -OCH3 is 2. The van der Waals surface area contributed by atoms with Gasteiger partial charge in [-0.1, -0.05) is 76.6 Å². The molecule has 4 aromatic rings. The van der Waals surface area contributed by atoms with Crippen LogP contribution >= 0.6 is 15.9 Å². The van der Waals surface area contributed by atoms with E-state index >= 15 is 0 Å². The van der Waals surface area contributed by atoms with E-state index in [-0.39, 0.29) is 11.6 Å². The van der Waals surface area contributed by atoms with E-state index in [4.69, 9.17) is 28.3 Å². The highest BCUT2D eigenvalue weighted by atomic mass is 79.9. The minimum atomic E-state index is -0.524. The fourth-order valence-electron chi connectivity index (χ4n) is 5.07. The first kappa shape index (κ1) is 44.1. The third kappa shape index (κ3) is 16.8. The molecule has 0 aliphatic carbocycles. The third-order valence-electron chi connectivity index (χ3n) is 7.45. The Morgan fingerprint density at radius 2 is 1.30 bits per heavy atom. The van der Waals surface area contributed by atoms with Crippen molar-refractivity contribution in [1.29, 1.82) is 0 Å². The largest absolute Gasteiger partial charge is 0.497 e. The standard InChI is InChI=1S/C20H24O3.C15H22BNO4.C8H9BrO/c1-20(2,3)23-19(21)14-17-7-5-6-16(13-17)12-15-8-10-18(22-4)11-9-15;1-14(2,3)20-13(18)17-12-8-6-7-11(9-12)16-19-10-15(4,5)21-16;1-10-8-4-2-7(6-9)3-5-8/h5-11,13H,12,14H2,1-4H3;6-9H,10H2,1-5H3,(H,17,18);2-5H,6H2,1H3. The summed E-state index contributed by atoms with van der Waals surface area (Å²) in [5, 5.41) is 3.61. The molecule has 5 rings (SSSR count). The zero-order chi connectivity index (χ0) is 39.9. The second-order valence-electron chi connectivity index (χ2n) is 15.4. The van der Waals surface area contributed by atoms with Crippen molar-refractivity contribution in [3.8, 4) is 11.5 Å². The number of ether oxygens (including phenoxy) is 4. The summed E-state index contributed by atoms with van der Waals surface area (Å²) in [5.74, 6) is 1.57. The molecule has 1 heterocycles. The van der Waals surface area contributed by atoms with Crippen LogP contribution in [0.4, 0.5) is 10.5 Å². The highest BCUT2D eigenvalue weighted by molar-refractivity contribution is 9.08. The van der Waals surface area contributed by atoms with Gasteiger partial charge in [-0.25, -0.2) is 4.79 Å². The lowest BCUT2D eigenvalue weighted by molar-refractivity contribution is -0.153. The molecule has 54 heavy (non-hydrogen) atoms. The van der Waals surface area contributed by atoms with Gasteiger partial charge >= 0.3 is 19.2 Å². The zero-order valence-electron chi connectivity index (χ0n) is 33.3. The monoisotopic (exact) mass is 803 g/mol. The average Bonchev–Trinajstić information content (AvgIpc) is 3.47. The first-order chi connectivity index (χ1) is 25.4. The Balaban J connectivity index is 0.000000234. The summed E-state index contributed by atoms with van der Waals surface area (Å²) in [4.78, 5) is 23.7. The van der Waals surface area contributed by atoms with Crippen molar-refractivity contribution in [2.45, 2.75) is 90.4 Å². The number of nitrogens with one attached hydrogen (secondary N) is 1. The van der Waals surface area contributed by atoms with E-state index in [9.17, 15) is 9.59 Å². The quantitative estimate of drug-likeness (QED) is 0.102. The van der Waals surface area contributed by atoms with Crippen LogP contribution in [0.5, 0.6) is 11.5 Å². The van der Waals surface area contributed by atoms with Crippen LogP contribution in [0, 0.1) is 0 Å². The minimum Gasteiger partial charge on any atom is -0.497 e. The Bertz CT molecular complexity index is 1740. The lowest BCUT2D eigenvalue weighted by atomic mass is 9.79. The summed E-state index contributed by atoms with van der Waals surface area (Å²) in [6, 6.07) is 31.5. The maximum absolute atomic E-state index is 11.9. The third-order valence-corrected chi connectivity index (χ3v) is 8.10. The second kappa shape index (κ2) is 20.4.